The minimum absolute atomic E-state index is 0.0652. The minimum atomic E-state index is -0.838. The van der Waals surface area contributed by atoms with Gasteiger partial charge in [0.25, 0.3) is 0 Å². The van der Waals surface area contributed by atoms with Crippen molar-refractivity contribution in [1.29, 1.82) is 0 Å². The molecule has 3 N–H and O–H groups in total. The molecule has 0 aromatic heterocycles. The number of hydrogen-bond donors (Lipinski definition) is 2. The number of ether oxygens (including phenoxy) is 1. The van der Waals surface area contributed by atoms with Crippen LogP contribution in [-0.2, 0) is 5.60 Å². The number of nitrogens with two attached hydrogens (primary N) is 1. The molecule has 0 amide bonds. The number of methoxy groups -OCH3 is 1. The molecule has 1 fully saturated rings. The highest BCUT2D eigenvalue weighted by molar-refractivity contribution is 6.32. The van der Waals surface area contributed by atoms with Crippen LogP contribution in [0.25, 0.3) is 0 Å². The molecule has 94 valence electrons. The highest BCUT2D eigenvalue weighted by Gasteiger charge is 2.34. The molecule has 1 aliphatic carbocycles. The van der Waals surface area contributed by atoms with E-state index in [1.165, 1.54) is 0 Å². The van der Waals surface area contributed by atoms with Gasteiger partial charge in [-0.05, 0) is 43.4 Å². The monoisotopic (exact) mass is 255 g/mol. The van der Waals surface area contributed by atoms with E-state index in [2.05, 4.69) is 0 Å². The summed E-state index contributed by atoms with van der Waals surface area (Å²) in [5, 5.41) is 11.2. The first-order valence-electron chi connectivity index (χ1n) is 5.87. The molecular formula is C13H18ClNO2. The van der Waals surface area contributed by atoms with Crippen molar-refractivity contribution >= 4 is 11.6 Å². The van der Waals surface area contributed by atoms with Crippen LogP contribution in [0, 0.1) is 0 Å². The molecule has 0 aliphatic heterocycles. The maximum absolute atomic E-state index is 10.6. The van der Waals surface area contributed by atoms with Crippen molar-refractivity contribution in [1.82, 2.24) is 0 Å². The predicted octanol–water partition coefficient (Wildman–Crippen LogP) is 2.44. The van der Waals surface area contributed by atoms with Gasteiger partial charge in [0.1, 0.15) is 5.75 Å². The molecule has 0 saturated heterocycles. The molecule has 3 nitrogen and oxygen atoms in total. The van der Waals surface area contributed by atoms with Gasteiger partial charge in [0.05, 0.1) is 17.7 Å². The predicted molar refractivity (Wildman–Crippen MR) is 68.3 cm³/mol. The fourth-order valence-electron chi connectivity index (χ4n) is 2.51. The van der Waals surface area contributed by atoms with E-state index < -0.39 is 5.60 Å². The highest BCUT2D eigenvalue weighted by Crippen LogP contribution is 2.39. The number of aliphatic hydroxyl groups is 1. The van der Waals surface area contributed by atoms with Crippen molar-refractivity contribution in [2.45, 2.75) is 37.3 Å². The summed E-state index contributed by atoms with van der Waals surface area (Å²) in [4.78, 5) is 0. The normalized spacial score (nSPS) is 29.1. The van der Waals surface area contributed by atoms with Crippen molar-refractivity contribution in [3.63, 3.8) is 0 Å². The molecule has 0 spiro atoms. The van der Waals surface area contributed by atoms with Gasteiger partial charge in [-0.1, -0.05) is 17.7 Å². The second-order valence-corrected chi connectivity index (χ2v) is 5.14. The Morgan fingerprint density at radius 2 is 2.29 bits per heavy atom. The van der Waals surface area contributed by atoms with Crippen LogP contribution in [-0.4, -0.2) is 18.3 Å². The van der Waals surface area contributed by atoms with Crippen molar-refractivity contribution in [2.75, 3.05) is 7.11 Å². The van der Waals surface area contributed by atoms with Crippen LogP contribution in [0.1, 0.15) is 31.2 Å². The third kappa shape index (κ3) is 2.57. The van der Waals surface area contributed by atoms with Gasteiger partial charge < -0.3 is 15.6 Å². The molecule has 2 unspecified atom stereocenters. The van der Waals surface area contributed by atoms with Gasteiger partial charge in [-0.25, -0.2) is 0 Å². The van der Waals surface area contributed by atoms with E-state index in [0.717, 1.165) is 24.8 Å². The summed E-state index contributed by atoms with van der Waals surface area (Å²) >= 11 is 5.98. The number of benzene rings is 1. The van der Waals surface area contributed by atoms with Crippen molar-refractivity contribution in [2.24, 2.45) is 5.73 Å². The zero-order chi connectivity index (χ0) is 12.5. The van der Waals surface area contributed by atoms with Gasteiger partial charge in [-0.3, -0.25) is 0 Å². The topological polar surface area (TPSA) is 55.5 Å². The zero-order valence-electron chi connectivity index (χ0n) is 9.95. The first-order valence-corrected chi connectivity index (χ1v) is 6.25. The Hall–Kier alpha value is -0.770. The van der Waals surface area contributed by atoms with Crippen LogP contribution in [0.15, 0.2) is 18.2 Å². The summed E-state index contributed by atoms with van der Waals surface area (Å²) < 4.78 is 5.17. The van der Waals surface area contributed by atoms with E-state index in [1.54, 1.807) is 19.2 Å². The summed E-state index contributed by atoms with van der Waals surface area (Å²) in [7, 11) is 1.57. The van der Waals surface area contributed by atoms with Crippen molar-refractivity contribution < 1.29 is 9.84 Å². The molecule has 4 heteroatoms. The highest BCUT2D eigenvalue weighted by atomic mass is 35.5. The average molecular weight is 256 g/mol. The lowest BCUT2D eigenvalue weighted by atomic mass is 9.77. The lowest BCUT2D eigenvalue weighted by molar-refractivity contribution is -0.00731. The van der Waals surface area contributed by atoms with Crippen molar-refractivity contribution in [3.05, 3.63) is 28.8 Å². The molecule has 0 heterocycles. The molecule has 0 radical (unpaired) electrons. The molecule has 1 aromatic rings. The standard InChI is InChI=1S/C13H18ClNO2/c1-17-12-7-9(4-5-11(12)14)13(16)6-2-3-10(15)8-13/h4-5,7,10,16H,2-3,6,8,15H2,1H3. The van der Waals surface area contributed by atoms with E-state index >= 15 is 0 Å². The fourth-order valence-corrected chi connectivity index (χ4v) is 2.70. The van der Waals surface area contributed by atoms with Gasteiger partial charge in [-0.2, -0.15) is 0 Å². The number of halogens is 1. The lowest BCUT2D eigenvalue weighted by Crippen LogP contribution is -2.39. The van der Waals surface area contributed by atoms with Crippen LogP contribution in [0.3, 0.4) is 0 Å². The minimum Gasteiger partial charge on any atom is -0.495 e. The molecule has 0 bridgehead atoms. The Morgan fingerprint density at radius 1 is 1.53 bits per heavy atom. The van der Waals surface area contributed by atoms with E-state index in [-0.39, 0.29) is 6.04 Å². The SMILES string of the molecule is COc1cc(C2(O)CCCC(N)C2)ccc1Cl. The number of rotatable bonds is 2. The second-order valence-electron chi connectivity index (χ2n) is 4.74. The third-order valence-corrected chi connectivity index (χ3v) is 3.77. The summed E-state index contributed by atoms with van der Waals surface area (Å²) in [5.41, 5.74) is 5.93. The summed E-state index contributed by atoms with van der Waals surface area (Å²) in [6.45, 7) is 0. The van der Waals surface area contributed by atoms with Crippen LogP contribution in [0.5, 0.6) is 5.75 Å². The van der Waals surface area contributed by atoms with E-state index in [1.807, 2.05) is 6.07 Å². The Morgan fingerprint density at radius 3 is 2.94 bits per heavy atom. The molecule has 17 heavy (non-hydrogen) atoms. The van der Waals surface area contributed by atoms with Gasteiger partial charge in [0.2, 0.25) is 0 Å². The third-order valence-electron chi connectivity index (χ3n) is 3.45. The first kappa shape index (κ1) is 12.7. The van der Waals surface area contributed by atoms with Crippen molar-refractivity contribution in [3.8, 4) is 5.75 Å². The first-order chi connectivity index (χ1) is 8.05. The Balaban J connectivity index is 2.32. The van der Waals surface area contributed by atoms with E-state index in [4.69, 9.17) is 22.1 Å². The summed E-state index contributed by atoms with van der Waals surface area (Å²) in [6, 6.07) is 5.48. The maximum atomic E-state index is 10.6. The second kappa shape index (κ2) is 4.84. The Bertz CT molecular complexity index is 410. The van der Waals surface area contributed by atoms with Crippen LogP contribution < -0.4 is 10.5 Å². The molecule has 2 atom stereocenters. The largest absolute Gasteiger partial charge is 0.495 e. The van der Waals surface area contributed by atoms with E-state index in [9.17, 15) is 5.11 Å². The Labute approximate surface area is 107 Å². The molecule has 1 aliphatic rings. The van der Waals surface area contributed by atoms with Gasteiger partial charge in [0.15, 0.2) is 0 Å². The van der Waals surface area contributed by atoms with Gasteiger partial charge in [-0.15, -0.1) is 0 Å². The van der Waals surface area contributed by atoms with Gasteiger partial charge >= 0.3 is 0 Å². The van der Waals surface area contributed by atoms with E-state index in [0.29, 0.717) is 17.2 Å². The smallest absolute Gasteiger partial charge is 0.137 e. The van der Waals surface area contributed by atoms with Crippen LogP contribution in [0.4, 0.5) is 0 Å². The fraction of sp³-hybridized carbons (Fsp3) is 0.538. The lowest BCUT2D eigenvalue weighted by Gasteiger charge is -2.36. The Kier molecular flexibility index (Phi) is 3.61. The summed E-state index contributed by atoms with van der Waals surface area (Å²) in [5.74, 6) is 0.594. The van der Waals surface area contributed by atoms with Gasteiger partial charge in [0, 0.05) is 6.04 Å². The molecular weight excluding hydrogens is 238 g/mol. The quantitative estimate of drug-likeness (QED) is 0.854. The molecule has 1 saturated carbocycles. The van der Waals surface area contributed by atoms with Crippen LogP contribution in [0.2, 0.25) is 5.02 Å². The molecule has 2 rings (SSSR count). The maximum Gasteiger partial charge on any atom is 0.137 e. The average Bonchev–Trinajstić information content (AvgIpc) is 2.29. The number of hydrogen-bond acceptors (Lipinski definition) is 3. The van der Waals surface area contributed by atoms with Crippen LogP contribution >= 0.6 is 11.6 Å². The zero-order valence-corrected chi connectivity index (χ0v) is 10.7. The molecule has 1 aromatic carbocycles. The summed E-state index contributed by atoms with van der Waals surface area (Å²) in [6.07, 6.45) is 3.26.